The molecule has 1 atom stereocenters. The number of ether oxygens (including phenoxy) is 1. The maximum absolute atomic E-state index is 12.4. The first kappa shape index (κ1) is 23.3. The van der Waals surface area contributed by atoms with Crippen LogP contribution in [0.2, 0.25) is 10.0 Å². The molecule has 0 unspecified atom stereocenters. The molecule has 0 radical (unpaired) electrons. The van der Waals surface area contributed by atoms with Gasteiger partial charge in [0.05, 0.1) is 21.0 Å². The highest BCUT2D eigenvalue weighted by atomic mass is 35.5. The topological polar surface area (TPSA) is 78.9 Å². The fourth-order valence-corrected chi connectivity index (χ4v) is 4.85. The van der Waals surface area contributed by atoms with E-state index in [1.807, 2.05) is 13.0 Å². The van der Waals surface area contributed by atoms with Crippen LogP contribution < -0.4 is 9.46 Å². The SMILES string of the molecule is Cc1cccc(S(=O)(=O)NC[C@H](O)CN2CCC(Oc3ccc(Cl)c(Cl)c3)CC2)c1. The smallest absolute Gasteiger partial charge is 0.240 e. The third-order valence-electron chi connectivity index (χ3n) is 5.01. The van der Waals surface area contributed by atoms with Crippen LogP contribution >= 0.6 is 23.2 Å². The molecule has 9 heteroatoms. The van der Waals surface area contributed by atoms with Gasteiger partial charge in [0.2, 0.25) is 10.0 Å². The summed E-state index contributed by atoms with van der Waals surface area (Å²) in [6, 6.07) is 11.9. The summed E-state index contributed by atoms with van der Waals surface area (Å²) in [5.41, 5.74) is 0.865. The molecule has 0 aromatic heterocycles. The Morgan fingerprint density at radius 3 is 2.57 bits per heavy atom. The van der Waals surface area contributed by atoms with E-state index in [1.54, 1.807) is 36.4 Å². The zero-order chi connectivity index (χ0) is 21.7. The molecule has 0 bridgehead atoms. The zero-order valence-corrected chi connectivity index (χ0v) is 19.1. The van der Waals surface area contributed by atoms with Crippen LogP contribution in [0.5, 0.6) is 5.75 Å². The Balaban J connectivity index is 1.42. The molecule has 1 aliphatic heterocycles. The van der Waals surface area contributed by atoms with Crippen LogP contribution in [0, 0.1) is 6.92 Å². The van der Waals surface area contributed by atoms with E-state index in [2.05, 4.69) is 9.62 Å². The number of likely N-dealkylation sites (tertiary alicyclic amines) is 1. The molecular formula is C21H26Cl2N2O4S. The molecule has 0 amide bonds. The molecule has 1 heterocycles. The molecule has 0 aliphatic carbocycles. The number of β-amino-alcohol motifs (C(OH)–C–C–N with tert-alkyl or cyclic N) is 1. The highest BCUT2D eigenvalue weighted by Crippen LogP contribution is 2.28. The fourth-order valence-electron chi connectivity index (χ4n) is 3.39. The lowest BCUT2D eigenvalue weighted by molar-refractivity contribution is 0.0630. The number of aliphatic hydroxyl groups excluding tert-OH is 1. The number of piperidine rings is 1. The van der Waals surface area contributed by atoms with Gasteiger partial charge in [0.25, 0.3) is 0 Å². The van der Waals surface area contributed by atoms with E-state index < -0.39 is 16.1 Å². The second kappa shape index (κ2) is 10.3. The number of nitrogens with one attached hydrogen (secondary N) is 1. The van der Waals surface area contributed by atoms with Gasteiger partial charge in [-0.1, -0.05) is 35.3 Å². The Kier molecular flexibility index (Phi) is 8.01. The molecule has 1 fully saturated rings. The second-order valence-electron chi connectivity index (χ2n) is 7.52. The van der Waals surface area contributed by atoms with Crippen molar-refractivity contribution in [2.24, 2.45) is 0 Å². The number of benzene rings is 2. The molecule has 30 heavy (non-hydrogen) atoms. The van der Waals surface area contributed by atoms with Gasteiger partial charge in [0.15, 0.2) is 0 Å². The monoisotopic (exact) mass is 472 g/mol. The van der Waals surface area contributed by atoms with Crippen molar-refractivity contribution < 1.29 is 18.3 Å². The molecule has 6 nitrogen and oxygen atoms in total. The molecule has 1 aliphatic rings. The molecule has 3 rings (SSSR count). The van der Waals surface area contributed by atoms with Crippen LogP contribution in [0.1, 0.15) is 18.4 Å². The van der Waals surface area contributed by atoms with Crippen molar-refractivity contribution in [3.05, 3.63) is 58.1 Å². The standard InChI is InChI=1S/C21H26Cl2N2O4S/c1-15-3-2-4-19(11-15)30(27,28)24-13-16(26)14-25-9-7-17(8-10-25)29-18-5-6-20(22)21(23)12-18/h2-6,11-12,16-17,24,26H,7-10,13-14H2,1H3/t16-/m0/s1. The average Bonchev–Trinajstić information content (AvgIpc) is 2.71. The highest BCUT2D eigenvalue weighted by Gasteiger charge is 2.23. The van der Waals surface area contributed by atoms with Crippen molar-refractivity contribution in [1.29, 1.82) is 0 Å². The van der Waals surface area contributed by atoms with Crippen molar-refractivity contribution in [2.75, 3.05) is 26.2 Å². The summed E-state index contributed by atoms with van der Waals surface area (Å²) in [4.78, 5) is 2.32. The van der Waals surface area contributed by atoms with E-state index in [9.17, 15) is 13.5 Å². The quantitative estimate of drug-likeness (QED) is 0.614. The molecular weight excluding hydrogens is 447 g/mol. The number of aryl methyl sites for hydroxylation is 1. The predicted molar refractivity (Wildman–Crippen MR) is 119 cm³/mol. The highest BCUT2D eigenvalue weighted by molar-refractivity contribution is 7.89. The Morgan fingerprint density at radius 2 is 1.90 bits per heavy atom. The Morgan fingerprint density at radius 1 is 1.17 bits per heavy atom. The van der Waals surface area contributed by atoms with Gasteiger partial charge in [0.1, 0.15) is 11.9 Å². The van der Waals surface area contributed by atoms with Crippen LogP contribution in [-0.4, -0.2) is 56.8 Å². The summed E-state index contributed by atoms with van der Waals surface area (Å²) < 4.78 is 33.2. The number of nitrogens with zero attached hydrogens (tertiary/aromatic N) is 1. The van der Waals surface area contributed by atoms with E-state index in [0.29, 0.717) is 22.3 Å². The van der Waals surface area contributed by atoms with Gasteiger partial charge < -0.3 is 14.7 Å². The van der Waals surface area contributed by atoms with E-state index in [-0.39, 0.29) is 17.5 Å². The first-order chi connectivity index (χ1) is 14.2. The number of rotatable bonds is 8. The van der Waals surface area contributed by atoms with Crippen molar-refractivity contribution in [1.82, 2.24) is 9.62 Å². The van der Waals surface area contributed by atoms with Crippen LogP contribution in [0.4, 0.5) is 0 Å². The Labute approximate surface area is 187 Å². The maximum Gasteiger partial charge on any atom is 0.240 e. The first-order valence-corrected chi connectivity index (χ1v) is 12.1. The van der Waals surface area contributed by atoms with Crippen molar-refractivity contribution in [3.8, 4) is 5.75 Å². The minimum Gasteiger partial charge on any atom is -0.490 e. The molecule has 0 saturated carbocycles. The number of sulfonamides is 1. The van der Waals surface area contributed by atoms with Gasteiger partial charge in [-0.3, -0.25) is 0 Å². The molecule has 2 aromatic carbocycles. The molecule has 2 N–H and O–H groups in total. The molecule has 1 saturated heterocycles. The molecule has 2 aromatic rings. The number of halogens is 2. The number of aliphatic hydroxyl groups is 1. The lowest BCUT2D eigenvalue weighted by Crippen LogP contribution is -2.45. The summed E-state index contributed by atoms with van der Waals surface area (Å²) in [5.74, 6) is 0.688. The third-order valence-corrected chi connectivity index (χ3v) is 7.17. The largest absolute Gasteiger partial charge is 0.490 e. The Hall–Kier alpha value is -1.35. The van der Waals surface area contributed by atoms with Gasteiger partial charge in [0, 0.05) is 32.2 Å². The molecule has 0 spiro atoms. The van der Waals surface area contributed by atoms with Gasteiger partial charge >= 0.3 is 0 Å². The van der Waals surface area contributed by atoms with Crippen LogP contribution in [0.25, 0.3) is 0 Å². The minimum absolute atomic E-state index is 0.0318. The third kappa shape index (κ3) is 6.57. The fraction of sp³-hybridized carbons (Fsp3) is 0.429. The van der Waals surface area contributed by atoms with E-state index in [1.165, 1.54) is 0 Å². The van der Waals surface area contributed by atoms with E-state index in [0.717, 1.165) is 31.5 Å². The zero-order valence-electron chi connectivity index (χ0n) is 16.7. The molecule has 164 valence electrons. The average molecular weight is 473 g/mol. The second-order valence-corrected chi connectivity index (χ2v) is 10.1. The summed E-state index contributed by atoms with van der Waals surface area (Å²) >= 11 is 11.9. The van der Waals surface area contributed by atoms with Gasteiger partial charge in [-0.25, -0.2) is 13.1 Å². The predicted octanol–water partition coefficient (Wildman–Crippen LogP) is 3.48. The summed E-state index contributed by atoms with van der Waals surface area (Å²) in [6.07, 6.45) is 0.886. The summed E-state index contributed by atoms with van der Waals surface area (Å²) in [6.45, 7) is 3.72. The van der Waals surface area contributed by atoms with Crippen molar-refractivity contribution >= 4 is 33.2 Å². The van der Waals surface area contributed by atoms with E-state index in [4.69, 9.17) is 27.9 Å². The lowest BCUT2D eigenvalue weighted by Gasteiger charge is -2.33. The first-order valence-electron chi connectivity index (χ1n) is 9.81. The van der Waals surface area contributed by atoms with Crippen molar-refractivity contribution in [2.45, 2.75) is 36.9 Å². The van der Waals surface area contributed by atoms with Crippen LogP contribution in [-0.2, 0) is 10.0 Å². The van der Waals surface area contributed by atoms with E-state index >= 15 is 0 Å². The van der Waals surface area contributed by atoms with Gasteiger partial charge in [-0.2, -0.15) is 0 Å². The lowest BCUT2D eigenvalue weighted by atomic mass is 10.1. The number of hydrogen-bond donors (Lipinski definition) is 2. The van der Waals surface area contributed by atoms with Crippen LogP contribution in [0.3, 0.4) is 0 Å². The normalized spacial score (nSPS) is 17.1. The van der Waals surface area contributed by atoms with Crippen molar-refractivity contribution in [3.63, 3.8) is 0 Å². The van der Waals surface area contributed by atoms with Crippen LogP contribution in [0.15, 0.2) is 47.4 Å². The maximum atomic E-state index is 12.4. The van der Waals surface area contributed by atoms with Gasteiger partial charge in [-0.15, -0.1) is 0 Å². The van der Waals surface area contributed by atoms with Gasteiger partial charge in [-0.05, 0) is 49.6 Å². The Bertz CT molecular complexity index is 963. The minimum atomic E-state index is -3.64. The summed E-state index contributed by atoms with van der Waals surface area (Å²) in [5, 5.41) is 11.2. The number of hydrogen-bond acceptors (Lipinski definition) is 5. The summed E-state index contributed by atoms with van der Waals surface area (Å²) in [7, 11) is -3.64.